The number of hydrogen-bond donors (Lipinski definition) is 2. The van der Waals surface area contributed by atoms with E-state index >= 15 is 0 Å². The summed E-state index contributed by atoms with van der Waals surface area (Å²) >= 11 is 11.4. The van der Waals surface area contributed by atoms with E-state index in [9.17, 15) is 0 Å². The molecule has 0 aliphatic rings. The van der Waals surface area contributed by atoms with E-state index in [1.165, 1.54) is 16.3 Å². The molecule has 0 aliphatic heterocycles. The van der Waals surface area contributed by atoms with Gasteiger partial charge in [0.15, 0.2) is 5.11 Å². The summed E-state index contributed by atoms with van der Waals surface area (Å²) in [5.74, 6) is 0. The first kappa shape index (κ1) is 16.7. The lowest BCUT2D eigenvalue weighted by molar-refractivity contribution is 0.780. The number of thiocarbonyl (C=S) groups is 1. The van der Waals surface area contributed by atoms with Gasteiger partial charge in [0.05, 0.1) is 10.7 Å². The Morgan fingerprint density at radius 3 is 2.54 bits per heavy atom. The predicted molar refractivity (Wildman–Crippen MR) is 108 cm³/mol. The van der Waals surface area contributed by atoms with Crippen LogP contribution < -0.4 is 10.6 Å². The molecule has 0 atom stereocenters. The van der Waals surface area contributed by atoms with Gasteiger partial charge in [0.2, 0.25) is 0 Å². The lowest BCUT2D eigenvalue weighted by Gasteiger charge is -2.12. The number of rotatable bonds is 5. The van der Waals surface area contributed by atoms with Crippen LogP contribution in [0.5, 0.6) is 0 Å². The first-order chi connectivity index (χ1) is 11.7. The van der Waals surface area contributed by atoms with Crippen LogP contribution in [-0.4, -0.2) is 11.7 Å². The smallest absolute Gasteiger partial charge is 0.170 e. The Morgan fingerprint density at radius 2 is 1.67 bits per heavy atom. The molecule has 3 rings (SSSR count). The Bertz CT molecular complexity index is 842. The third-order valence-corrected chi connectivity index (χ3v) is 4.49. The van der Waals surface area contributed by atoms with Crippen molar-refractivity contribution in [3.63, 3.8) is 0 Å². The summed E-state index contributed by atoms with van der Waals surface area (Å²) in [5.41, 5.74) is 2.20. The van der Waals surface area contributed by atoms with Crippen LogP contribution in [0.4, 0.5) is 5.69 Å². The summed E-state index contributed by atoms with van der Waals surface area (Å²) in [6.07, 6.45) is 2.03. The summed E-state index contributed by atoms with van der Waals surface area (Å²) < 4.78 is 0. The largest absolute Gasteiger partial charge is 0.362 e. The molecule has 0 radical (unpaired) electrons. The number of halogens is 1. The maximum absolute atomic E-state index is 6.12. The van der Waals surface area contributed by atoms with Gasteiger partial charge >= 0.3 is 0 Å². The SMILES string of the molecule is S=C(NCCCc1cccc2ccccc12)Nc1ccccc1Cl. The van der Waals surface area contributed by atoms with E-state index in [2.05, 4.69) is 53.1 Å². The molecular formula is C20H19ClN2S. The molecule has 0 aliphatic carbocycles. The second-order valence-corrected chi connectivity index (χ2v) is 6.42. The normalized spacial score (nSPS) is 10.5. The molecule has 122 valence electrons. The molecule has 0 bridgehead atoms. The van der Waals surface area contributed by atoms with Crippen LogP contribution in [0.3, 0.4) is 0 Å². The first-order valence-corrected chi connectivity index (χ1v) is 8.79. The molecule has 0 heterocycles. The number of anilines is 1. The molecule has 3 aromatic rings. The molecule has 3 aromatic carbocycles. The number of aryl methyl sites for hydroxylation is 1. The number of para-hydroxylation sites is 1. The highest BCUT2D eigenvalue weighted by Crippen LogP contribution is 2.21. The molecule has 0 saturated carbocycles. The molecule has 0 aromatic heterocycles. The fraction of sp³-hybridized carbons (Fsp3) is 0.150. The zero-order valence-electron chi connectivity index (χ0n) is 13.3. The van der Waals surface area contributed by atoms with Crippen molar-refractivity contribution >= 4 is 45.4 Å². The lowest BCUT2D eigenvalue weighted by atomic mass is 10.0. The highest BCUT2D eigenvalue weighted by Gasteiger charge is 2.03. The predicted octanol–water partition coefficient (Wildman–Crippen LogP) is 5.41. The summed E-state index contributed by atoms with van der Waals surface area (Å²) in [6, 6.07) is 22.5. The number of hydrogen-bond acceptors (Lipinski definition) is 1. The Hall–Kier alpha value is -2.10. The van der Waals surface area contributed by atoms with Crippen LogP contribution in [-0.2, 0) is 6.42 Å². The molecule has 0 unspecified atom stereocenters. The van der Waals surface area contributed by atoms with Gasteiger partial charge in [-0.1, -0.05) is 66.2 Å². The summed E-state index contributed by atoms with van der Waals surface area (Å²) in [6.45, 7) is 0.819. The van der Waals surface area contributed by atoms with Crippen LogP contribution in [0, 0.1) is 0 Å². The van der Waals surface area contributed by atoms with Crippen LogP contribution in [0.25, 0.3) is 10.8 Å². The average molecular weight is 355 g/mol. The van der Waals surface area contributed by atoms with Crippen molar-refractivity contribution in [2.24, 2.45) is 0 Å². The van der Waals surface area contributed by atoms with Crippen LogP contribution in [0.1, 0.15) is 12.0 Å². The fourth-order valence-electron chi connectivity index (χ4n) is 2.72. The van der Waals surface area contributed by atoms with Gasteiger partial charge in [-0.3, -0.25) is 0 Å². The summed E-state index contributed by atoms with van der Waals surface area (Å²) in [7, 11) is 0. The molecular weight excluding hydrogens is 336 g/mol. The van der Waals surface area contributed by atoms with Gasteiger partial charge in [0.1, 0.15) is 0 Å². The van der Waals surface area contributed by atoms with E-state index in [-0.39, 0.29) is 0 Å². The minimum atomic E-state index is 0.598. The van der Waals surface area contributed by atoms with Gasteiger partial charge in [-0.2, -0.15) is 0 Å². The van der Waals surface area contributed by atoms with E-state index in [1.807, 2.05) is 24.3 Å². The van der Waals surface area contributed by atoms with Crippen molar-refractivity contribution in [2.75, 3.05) is 11.9 Å². The van der Waals surface area contributed by atoms with Gasteiger partial charge in [-0.15, -0.1) is 0 Å². The topological polar surface area (TPSA) is 24.1 Å². The van der Waals surface area contributed by atoms with Gasteiger partial charge in [-0.05, 0) is 53.5 Å². The van der Waals surface area contributed by atoms with E-state index < -0.39 is 0 Å². The fourth-order valence-corrected chi connectivity index (χ4v) is 3.12. The zero-order chi connectivity index (χ0) is 16.8. The van der Waals surface area contributed by atoms with E-state index in [1.54, 1.807) is 0 Å². The summed E-state index contributed by atoms with van der Waals surface area (Å²) in [5, 5.41) is 10.2. The van der Waals surface area contributed by atoms with Crippen LogP contribution >= 0.6 is 23.8 Å². The van der Waals surface area contributed by atoms with Gasteiger partial charge in [-0.25, -0.2) is 0 Å². The standard InChI is InChI=1S/C20H19ClN2S/c21-18-12-3-4-13-19(18)23-20(24)22-14-6-10-16-9-5-8-15-7-1-2-11-17(15)16/h1-5,7-9,11-13H,6,10,14H2,(H2,22,23,24). The number of benzene rings is 3. The molecule has 2 nitrogen and oxygen atoms in total. The second kappa shape index (κ2) is 8.13. The van der Waals surface area contributed by atoms with Crippen molar-refractivity contribution in [2.45, 2.75) is 12.8 Å². The van der Waals surface area contributed by atoms with Crippen molar-refractivity contribution in [3.05, 3.63) is 77.3 Å². The van der Waals surface area contributed by atoms with E-state index in [0.717, 1.165) is 25.1 Å². The maximum Gasteiger partial charge on any atom is 0.170 e. The molecule has 0 fully saturated rings. The number of fused-ring (bicyclic) bond motifs is 1. The minimum Gasteiger partial charge on any atom is -0.362 e. The van der Waals surface area contributed by atoms with Crippen molar-refractivity contribution < 1.29 is 0 Å². The van der Waals surface area contributed by atoms with Gasteiger partial charge in [0, 0.05) is 6.54 Å². The minimum absolute atomic E-state index is 0.598. The Balaban J connectivity index is 1.50. The van der Waals surface area contributed by atoms with Crippen LogP contribution in [0.2, 0.25) is 5.02 Å². The first-order valence-electron chi connectivity index (χ1n) is 8.00. The Kier molecular flexibility index (Phi) is 5.68. The Labute approximate surface area is 152 Å². The molecule has 4 heteroatoms. The molecule has 2 N–H and O–H groups in total. The number of nitrogens with one attached hydrogen (secondary N) is 2. The van der Waals surface area contributed by atoms with Gasteiger partial charge < -0.3 is 10.6 Å². The Morgan fingerprint density at radius 1 is 0.917 bits per heavy atom. The van der Waals surface area contributed by atoms with E-state index in [4.69, 9.17) is 23.8 Å². The summed E-state index contributed by atoms with van der Waals surface area (Å²) in [4.78, 5) is 0. The van der Waals surface area contributed by atoms with Crippen molar-refractivity contribution in [1.29, 1.82) is 0 Å². The highest BCUT2D eigenvalue weighted by atomic mass is 35.5. The average Bonchev–Trinajstić information content (AvgIpc) is 2.61. The van der Waals surface area contributed by atoms with Crippen molar-refractivity contribution in [3.8, 4) is 0 Å². The maximum atomic E-state index is 6.12. The third kappa shape index (κ3) is 4.25. The third-order valence-electron chi connectivity index (χ3n) is 3.91. The quantitative estimate of drug-likeness (QED) is 0.473. The molecule has 24 heavy (non-hydrogen) atoms. The monoisotopic (exact) mass is 354 g/mol. The zero-order valence-corrected chi connectivity index (χ0v) is 14.8. The van der Waals surface area contributed by atoms with Gasteiger partial charge in [0.25, 0.3) is 0 Å². The molecule has 0 saturated heterocycles. The highest BCUT2D eigenvalue weighted by molar-refractivity contribution is 7.80. The van der Waals surface area contributed by atoms with Crippen LogP contribution in [0.15, 0.2) is 66.7 Å². The lowest BCUT2D eigenvalue weighted by Crippen LogP contribution is -2.29. The second-order valence-electron chi connectivity index (χ2n) is 5.60. The van der Waals surface area contributed by atoms with Crippen molar-refractivity contribution in [1.82, 2.24) is 5.32 Å². The van der Waals surface area contributed by atoms with E-state index in [0.29, 0.717) is 10.1 Å². The molecule has 0 amide bonds. The molecule has 0 spiro atoms.